The quantitative estimate of drug-likeness (QED) is 0.781. The van der Waals surface area contributed by atoms with Gasteiger partial charge in [0.05, 0.1) is 0 Å². The maximum Gasteiger partial charge on any atom is 0.0372 e. The Morgan fingerprint density at radius 3 is 2.37 bits per heavy atom. The average Bonchev–Trinajstić information content (AvgIpc) is 2.40. The maximum atomic E-state index is 4.33. The van der Waals surface area contributed by atoms with Crippen molar-refractivity contribution < 1.29 is 0 Å². The molecule has 1 aromatic heterocycles. The number of nitrogens with one attached hydrogen (secondary N) is 1. The fraction of sp³-hybridized carbons (Fsp3) is 0.688. The van der Waals surface area contributed by atoms with Crippen molar-refractivity contribution in [3.63, 3.8) is 0 Å². The summed E-state index contributed by atoms with van der Waals surface area (Å²) in [5.74, 6) is 0.763. The Balaban J connectivity index is 2.46. The smallest absolute Gasteiger partial charge is 0.0372 e. The van der Waals surface area contributed by atoms with E-state index in [2.05, 4.69) is 55.3 Å². The molecule has 0 bridgehead atoms. The van der Waals surface area contributed by atoms with E-state index in [1.807, 2.05) is 13.1 Å². The molecule has 3 nitrogen and oxygen atoms in total. The third kappa shape index (κ3) is 5.29. The minimum atomic E-state index is 0.605. The first kappa shape index (κ1) is 16.1. The van der Waals surface area contributed by atoms with E-state index in [4.69, 9.17) is 0 Å². The van der Waals surface area contributed by atoms with Gasteiger partial charge in [0.2, 0.25) is 0 Å². The zero-order chi connectivity index (χ0) is 14.3. The highest BCUT2D eigenvalue weighted by atomic mass is 15.1. The van der Waals surface area contributed by atoms with Crippen molar-refractivity contribution in [2.24, 2.45) is 5.92 Å². The highest BCUT2D eigenvalue weighted by Crippen LogP contribution is 2.16. The molecule has 19 heavy (non-hydrogen) atoms. The van der Waals surface area contributed by atoms with Gasteiger partial charge in [0.15, 0.2) is 0 Å². The Hall–Kier alpha value is -0.930. The van der Waals surface area contributed by atoms with Crippen LogP contribution in [0.3, 0.4) is 0 Å². The normalized spacial score (nSPS) is 13.2. The molecule has 0 saturated heterocycles. The van der Waals surface area contributed by atoms with Gasteiger partial charge in [0, 0.05) is 31.0 Å². The van der Waals surface area contributed by atoms with Gasteiger partial charge in [-0.3, -0.25) is 4.98 Å². The summed E-state index contributed by atoms with van der Waals surface area (Å²) in [5.41, 5.74) is 2.33. The van der Waals surface area contributed by atoms with E-state index in [1.165, 1.54) is 18.4 Å². The predicted molar refractivity (Wildman–Crippen MR) is 82.2 cm³/mol. The van der Waals surface area contributed by atoms with Crippen LogP contribution < -0.4 is 5.32 Å². The highest BCUT2D eigenvalue weighted by Gasteiger charge is 2.19. The molecule has 0 saturated carbocycles. The van der Waals surface area contributed by atoms with Gasteiger partial charge >= 0.3 is 0 Å². The molecular formula is C16H29N3. The second-order valence-corrected chi connectivity index (χ2v) is 5.55. The van der Waals surface area contributed by atoms with Crippen LogP contribution in [-0.4, -0.2) is 36.6 Å². The van der Waals surface area contributed by atoms with Crippen LogP contribution in [-0.2, 0) is 6.54 Å². The lowest BCUT2D eigenvalue weighted by Gasteiger charge is -2.31. The molecule has 1 rings (SSSR count). The monoisotopic (exact) mass is 263 g/mol. The first-order chi connectivity index (χ1) is 9.08. The third-order valence-corrected chi connectivity index (χ3v) is 3.91. The van der Waals surface area contributed by atoms with Gasteiger partial charge in [-0.2, -0.15) is 0 Å². The molecule has 1 unspecified atom stereocenters. The lowest BCUT2D eigenvalue weighted by Crippen LogP contribution is -2.42. The maximum absolute atomic E-state index is 4.33. The molecule has 0 aliphatic carbocycles. The van der Waals surface area contributed by atoms with Crippen molar-refractivity contribution >= 4 is 0 Å². The van der Waals surface area contributed by atoms with E-state index in [0.717, 1.165) is 24.7 Å². The van der Waals surface area contributed by atoms with Gasteiger partial charge in [0.25, 0.3) is 0 Å². The van der Waals surface area contributed by atoms with Crippen molar-refractivity contribution in [3.8, 4) is 0 Å². The van der Waals surface area contributed by atoms with E-state index < -0.39 is 0 Å². The number of aryl methyl sites for hydroxylation is 1. The minimum absolute atomic E-state index is 0.605. The van der Waals surface area contributed by atoms with Gasteiger partial charge in [0.1, 0.15) is 0 Å². The molecule has 3 heteroatoms. The van der Waals surface area contributed by atoms with Crippen LogP contribution in [0.2, 0.25) is 0 Å². The summed E-state index contributed by atoms with van der Waals surface area (Å²) in [7, 11) is 4.36. The van der Waals surface area contributed by atoms with Crippen molar-refractivity contribution in [1.82, 2.24) is 15.2 Å². The van der Waals surface area contributed by atoms with Crippen LogP contribution in [0.15, 0.2) is 18.3 Å². The summed E-state index contributed by atoms with van der Waals surface area (Å²) in [5, 5.41) is 3.57. The fourth-order valence-electron chi connectivity index (χ4n) is 2.57. The SMILES string of the molecule is CCC(CC)C(CNCc1ccc(C)nc1)N(C)C. The summed E-state index contributed by atoms with van der Waals surface area (Å²) in [4.78, 5) is 6.67. The number of hydrogen-bond acceptors (Lipinski definition) is 3. The van der Waals surface area contributed by atoms with Crippen molar-refractivity contribution in [2.45, 2.75) is 46.2 Å². The van der Waals surface area contributed by atoms with E-state index in [-0.39, 0.29) is 0 Å². The van der Waals surface area contributed by atoms with Crippen LogP contribution in [0.4, 0.5) is 0 Å². The van der Waals surface area contributed by atoms with E-state index in [0.29, 0.717) is 6.04 Å². The zero-order valence-electron chi connectivity index (χ0n) is 13.1. The lowest BCUT2D eigenvalue weighted by molar-refractivity contribution is 0.194. The molecule has 0 spiro atoms. The number of pyridine rings is 1. The third-order valence-electron chi connectivity index (χ3n) is 3.91. The van der Waals surface area contributed by atoms with E-state index in [1.54, 1.807) is 0 Å². The van der Waals surface area contributed by atoms with Crippen molar-refractivity contribution in [1.29, 1.82) is 0 Å². The van der Waals surface area contributed by atoms with Crippen molar-refractivity contribution in [2.75, 3.05) is 20.6 Å². The Labute approximate surface area is 118 Å². The number of hydrogen-bond donors (Lipinski definition) is 1. The minimum Gasteiger partial charge on any atom is -0.311 e. The predicted octanol–water partition coefficient (Wildman–Crippen LogP) is 2.85. The Morgan fingerprint density at radius 1 is 1.21 bits per heavy atom. The number of rotatable bonds is 8. The summed E-state index contributed by atoms with van der Waals surface area (Å²) in [6, 6.07) is 4.83. The molecule has 0 fully saturated rings. The molecule has 1 aromatic rings. The molecule has 0 aliphatic rings. The standard InChI is InChI=1S/C16H29N3/c1-6-15(7-2)16(19(4)5)12-17-10-14-9-8-13(3)18-11-14/h8-9,11,15-17H,6-7,10,12H2,1-5H3. The second-order valence-electron chi connectivity index (χ2n) is 5.55. The summed E-state index contributed by atoms with van der Waals surface area (Å²) >= 11 is 0. The molecular weight excluding hydrogens is 234 g/mol. The first-order valence-corrected chi connectivity index (χ1v) is 7.37. The number of nitrogens with zero attached hydrogens (tertiary/aromatic N) is 2. The van der Waals surface area contributed by atoms with Gasteiger partial charge in [-0.05, 0) is 38.6 Å². The largest absolute Gasteiger partial charge is 0.311 e. The molecule has 1 heterocycles. The van der Waals surface area contributed by atoms with Crippen molar-refractivity contribution in [3.05, 3.63) is 29.6 Å². The number of aromatic nitrogens is 1. The topological polar surface area (TPSA) is 28.2 Å². The Kier molecular flexibility index (Phi) is 7.03. The molecule has 1 atom stereocenters. The van der Waals surface area contributed by atoms with Gasteiger partial charge in [-0.25, -0.2) is 0 Å². The highest BCUT2D eigenvalue weighted by molar-refractivity contribution is 5.12. The van der Waals surface area contributed by atoms with Crippen LogP contribution in [0.5, 0.6) is 0 Å². The lowest BCUT2D eigenvalue weighted by atomic mass is 9.93. The van der Waals surface area contributed by atoms with Crippen LogP contribution in [0.25, 0.3) is 0 Å². The van der Waals surface area contributed by atoms with E-state index in [9.17, 15) is 0 Å². The molecule has 1 N–H and O–H groups in total. The molecule has 0 amide bonds. The van der Waals surface area contributed by atoms with Gasteiger partial charge in [-0.1, -0.05) is 32.8 Å². The Morgan fingerprint density at radius 2 is 1.89 bits per heavy atom. The molecule has 0 radical (unpaired) electrons. The summed E-state index contributed by atoms with van der Waals surface area (Å²) in [6.45, 7) is 8.53. The number of likely N-dealkylation sites (N-methyl/N-ethyl adjacent to an activating group) is 1. The van der Waals surface area contributed by atoms with E-state index >= 15 is 0 Å². The van der Waals surface area contributed by atoms with Crippen LogP contribution >= 0.6 is 0 Å². The molecule has 0 aliphatic heterocycles. The Bertz CT molecular complexity index is 342. The zero-order valence-corrected chi connectivity index (χ0v) is 13.1. The van der Waals surface area contributed by atoms with Crippen LogP contribution in [0, 0.1) is 12.8 Å². The van der Waals surface area contributed by atoms with Crippen LogP contribution in [0.1, 0.15) is 37.9 Å². The summed E-state index contributed by atoms with van der Waals surface area (Å²) in [6.07, 6.45) is 4.45. The van der Waals surface area contributed by atoms with Gasteiger partial charge < -0.3 is 10.2 Å². The second kappa shape index (κ2) is 8.28. The summed E-state index contributed by atoms with van der Waals surface area (Å²) < 4.78 is 0. The average molecular weight is 263 g/mol. The molecule has 108 valence electrons. The van der Waals surface area contributed by atoms with Gasteiger partial charge in [-0.15, -0.1) is 0 Å². The fourth-order valence-corrected chi connectivity index (χ4v) is 2.57. The first-order valence-electron chi connectivity index (χ1n) is 7.37. The molecule has 0 aromatic carbocycles.